The lowest BCUT2D eigenvalue weighted by molar-refractivity contribution is 0.0228. The van der Waals surface area contributed by atoms with Crippen molar-refractivity contribution >= 4 is 5.91 Å². The second kappa shape index (κ2) is 6.46. The molecule has 1 fully saturated rings. The zero-order chi connectivity index (χ0) is 16.4. The molecule has 0 radical (unpaired) electrons. The summed E-state index contributed by atoms with van der Waals surface area (Å²) in [5.41, 5.74) is 1.63. The highest BCUT2D eigenvalue weighted by Gasteiger charge is 2.36. The molecule has 1 saturated carbocycles. The Kier molecular flexibility index (Phi) is 4.39. The molecule has 1 aromatic carbocycles. The highest BCUT2D eigenvalue weighted by Crippen LogP contribution is 2.37. The van der Waals surface area contributed by atoms with Crippen LogP contribution in [0, 0.1) is 18.7 Å². The molecule has 1 atom stereocenters. The van der Waals surface area contributed by atoms with E-state index in [2.05, 4.69) is 10.3 Å². The van der Waals surface area contributed by atoms with Crippen molar-refractivity contribution in [3.05, 3.63) is 65.2 Å². The molecular formula is C18H19FN2O2. The number of aliphatic hydroxyl groups excluding tert-OH is 1. The number of carbonyl (C=O) groups excluding carboxylic acids is 1. The highest BCUT2D eigenvalue weighted by molar-refractivity contribution is 5.94. The summed E-state index contributed by atoms with van der Waals surface area (Å²) in [6.45, 7) is 1.63. The lowest BCUT2D eigenvalue weighted by Crippen LogP contribution is -2.41. The standard InChI is InChI=1S/C18H19FN2O2/c1-11-8-12(5-6-15(11)19)18(23)21-17(13-9-14(22)10-13)16-4-2-3-7-20-16/h2-8,13-14,17,22H,9-10H2,1H3,(H,21,23)/t13?,14?,17-/m0/s1. The molecule has 120 valence electrons. The van der Waals surface area contributed by atoms with Crippen LogP contribution in [0.25, 0.3) is 0 Å². The lowest BCUT2D eigenvalue weighted by Gasteiger charge is -2.37. The van der Waals surface area contributed by atoms with Crippen molar-refractivity contribution in [2.75, 3.05) is 0 Å². The molecule has 2 aromatic rings. The summed E-state index contributed by atoms with van der Waals surface area (Å²) < 4.78 is 13.4. The minimum absolute atomic E-state index is 0.158. The first-order valence-corrected chi connectivity index (χ1v) is 7.70. The van der Waals surface area contributed by atoms with Gasteiger partial charge in [-0.25, -0.2) is 4.39 Å². The van der Waals surface area contributed by atoms with Crippen LogP contribution < -0.4 is 5.32 Å². The summed E-state index contributed by atoms with van der Waals surface area (Å²) in [6, 6.07) is 9.62. The maximum absolute atomic E-state index is 13.4. The summed E-state index contributed by atoms with van der Waals surface area (Å²) in [4.78, 5) is 16.8. The van der Waals surface area contributed by atoms with Crippen molar-refractivity contribution in [1.29, 1.82) is 0 Å². The molecule has 0 spiro atoms. The fourth-order valence-electron chi connectivity index (χ4n) is 2.91. The molecule has 0 saturated heterocycles. The molecule has 1 aromatic heterocycles. The minimum Gasteiger partial charge on any atom is -0.393 e. The Morgan fingerprint density at radius 3 is 2.74 bits per heavy atom. The van der Waals surface area contributed by atoms with Gasteiger partial charge in [0.05, 0.1) is 17.8 Å². The Labute approximate surface area is 134 Å². The maximum Gasteiger partial charge on any atom is 0.251 e. The van der Waals surface area contributed by atoms with Gasteiger partial charge >= 0.3 is 0 Å². The number of nitrogens with zero attached hydrogens (tertiary/aromatic N) is 1. The van der Waals surface area contributed by atoms with Gasteiger partial charge in [0.2, 0.25) is 0 Å². The van der Waals surface area contributed by atoms with Crippen LogP contribution in [0.5, 0.6) is 0 Å². The van der Waals surface area contributed by atoms with E-state index in [-0.39, 0.29) is 29.8 Å². The van der Waals surface area contributed by atoms with Crippen LogP contribution in [0.2, 0.25) is 0 Å². The van der Waals surface area contributed by atoms with E-state index < -0.39 is 0 Å². The molecule has 4 nitrogen and oxygen atoms in total. The van der Waals surface area contributed by atoms with Crippen LogP contribution in [0.15, 0.2) is 42.6 Å². The van der Waals surface area contributed by atoms with Crippen molar-refractivity contribution in [3.63, 3.8) is 0 Å². The SMILES string of the molecule is Cc1cc(C(=O)N[C@H](c2ccccn2)C2CC(O)C2)ccc1F. The predicted octanol–water partition coefficient (Wildman–Crippen LogP) is 2.77. The molecule has 3 rings (SSSR count). The van der Waals surface area contributed by atoms with Crippen LogP contribution in [0.3, 0.4) is 0 Å². The van der Waals surface area contributed by atoms with Gasteiger partial charge in [-0.15, -0.1) is 0 Å². The van der Waals surface area contributed by atoms with Crippen molar-refractivity contribution in [3.8, 4) is 0 Å². The first-order valence-electron chi connectivity index (χ1n) is 7.70. The molecule has 2 N–H and O–H groups in total. The number of pyridine rings is 1. The Morgan fingerprint density at radius 2 is 2.13 bits per heavy atom. The Hall–Kier alpha value is -2.27. The van der Waals surface area contributed by atoms with Gasteiger partial charge in [0.15, 0.2) is 0 Å². The monoisotopic (exact) mass is 314 g/mol. The summed E-state index contributed by atoms with van der Waals surface area (Å²) in [7, 11) is 0. The third kappa shape index (κ3) is 3.40. The third-order valence-corrected chi connectivity index (χ3v) is 4.33. The zero-order valence-electron chi connectivity index (χ0n) is 12.9. The van der Waals surface area contributed by atoms with Crippen molar-refractivity contribution in [2.24, 2.45) is 5.92 Å². The summed E-state index contributed by atoms with van der Waals surface area (Å²) in [5.74, 6) is -0.430. The summed E-state index contributed by atoms with van der Waals surface area (Å²) in [6.07, 6.45) is 2.66. The summed E-state index contributed by atoms with van der Waals surface area (Å²) >= 11 is 0. The molecule has 23 heavy (non-hydrogen) atoms. The first-order chi connectivity index (χ1) is 11.0. The van der Waals surface area contributed by atoms with E-state index in [0.717, 1.165) is 5.69 Å². The van der Waals surface area contributed by atoms with Gasteiger partial charge in [-0.05, 0) is 61.6 Å². The van der Waals surface area contributed by atoms with Crippen molar-refractivity contribution < 1.29 is 14.3 Å². The van der Waals surface area contributed by atoms with Crippen molar-refractivity contribution in [2.45, 2.75) is 31.9 Å². The number of benzene rings is 1. The van der Waals surface area contributed by atoms with Gasteiger partial charge in [0, 0.05) is 11.8 Å². The zero-order valence-corrected chi connectivity index (χ0v) is 12.9. The van der Waals surface area contributed by atoms with Crippen LogP contribution >= 0.6 is 0 Å². The fraction of sp³-hybridized carbons (Fsp3) is 0.333. The second-order valence-electron chi connectivity index (χ2n) is 6.06. The van der Waals surface area contributed by atoms with Gasteiger partial charge in [-0.3, -0.25) is 9.78 Å². The average molecular weight is 314 g/mol. The lowest BCUT2D eigenvalue weighted by atomic mass is 9.76. The normalized spacial score (nSPS) is 21.3. The molecule has 1 aliphatic carbocycles. The number of rotatable bonds is 4. The molecule has 0 aliphatic heterocycles. The number of hydrogen-bond donors (Lipinski definition) is 2. The smallest absolute Gasteiger partial charge is 0.251 e. The molecule has 0 bridgehead atoms. The van der Waals surface area contributed by atoms with E-state index in [4.69, 9.17) is 0 Å². The van der Waals surface area contributed by atoms with Crippen LogP contribution in [-0.4, -0.2) is 22.1 Å². The molecule has 0 unspecified atom stereocenters. The number of aliphatic hydroxyl groups is 1. The second-order valence-corrected chi connectivity index (χ2v) is 6.06. The van der Waals surface area contributed by atoms with E-state index >= 15 is 0 Å². The Morgan fingerprint density at radius 1 is 1.35 bits per heavy atom. The Bertz CT molecular complexity index is 699. The van der Waals surface area contributed by atoms with Gasteiger partial charge < -0.3 is 10.4 Å². The van der Waals surface area contributed by atoms with E-state index in [1.807, 2.05) is 18.2 Å². The predicted molar refractivity (Wildman–Crippen MR) is 84.3 cm³/mol. The topological polar surface area (TPSA) is 62.2 Å². The van der Waals surface area contributed by atoms with Crippen LogP contribution in [0.4, 0.5) is 4.39 Å². The number of halogens is 1. The number of nitrogens with one attached hydrogen (secondary N) is 1. The van der Waals surface area contributed by atoms with E-state index in [9.17, 15) is 14.3 Å². The highest BCUT2D eigenvalue weighted by atomic mass is 19.1. The number of amides is 1. The summed E-state index contributed by atoms with van der Waals surface area (Å²) in [5, 5.41) is 12.5. The quantitative estimate of drug-likeness (QED) is 0.912. The van der Waals surface area contributed by atoms with Crippen molar-refractivity contribution in [1.82, 2.24) is 10.3 Å². The van der Waals surface area contributed by atoms with Gasteiger partial charge in [0.25, 0.3) is 5.91 Å². The van der Waals surface area contributed by atoms with Crippen LogP contribution in [0.1, 0.15) is 40.5 Å². The minimum atomic E-state index is -0.329. The fourth-order valence-corrected chi connectivity index (χ4v) is 2.91. The molecule has 5 heteroatoms. The molecule has 1 heterocycles. The largest absolute Gasteiger partial charge is 0.393 e. The molecule has 1 amide bonds. The number of carbonyl (C=O) groups is 1. The maximum atomic E-state index is 13.4. The van der Waals surface area contributed by atoms with E-state index in [0.29, 0.717) is 24.0 Å². The average Bonchev–Trinajstić information content (AvgIpc) is 2.53. The number of hydrogen-bond acceptors (Lipinski definition) is 3. The molecular weight excluding hydrogens is 295 g/mol. The van der Waals surface area contributed by atoms with Gasteiger partial charge in [-0.1, -0.05) is 6.07 Å². The number of aryl methyl sites for hydroxylation is 1. The van der Waals surface area contributed by atoms with E-state index in [1.165, 1.54) is 18.2 Å². The van der Waals surface area contributed by atoms with Crippen LogP contribution in [-0.2, 0) is 0 Å². The van der Waals surface area contributed by atoms with Gasteiger partial charge in [0.1, 0.15) is 5.82 Å². The Balaban J connectivity index is 1.80. The number of aromatic nitrogens is 1. The van der Waals surface area contributed by atoms with Gasteiger partial charge in [-0.2, -0.15) is 0 Å². The molecule has 1 aliphatic rings. The van der Waals surface area contributed by atoms with E-state index in [1.54, 1.807) is 13.1 Å². The third-order valence-electron chi connectivity index (χ3n) is 4.33. The first kappa shape index (κ1) is 15.6.